The zero-order valence-corrected chi connectivity index (χ0v) is 12.4. The maximum absolute atomic E-state index is 11.4. The van der Waals surface area contributed by atoms with Crippen molar-refractivity contribution in [1.82, 2.24) is 0 Å². The van der Waals surface area contributed by atoms with Crippen molar-refractivity contribution in [2.75, 3.05) is 0 Å². The van der Waals surface area contributed by atoms with E-state index in [1.54, 1.807) is 0 Å². The van der Waals surface area contributed by atoms with Crippen molar-refractivity contribution in [3.8, 4) is 0 Å². The highest BCUT2D eigenvalue weighted by atomic mass is 16.7. The summed E-state index contributed by atoms with van der Waals surface area (Å²) in [5, 5.41) is 0. The van der Waals surface area contributed by atoms with Gasteiger partial charge >= 0.3 is 13.1 Å². The fourth-order valence-electron chi connectivity index (χ4n) is 2.55. The van der Waals surface area contributed by atoms with Crippen LogP contribution in [0.15, 0.2) is 18.2 Å². The standard InChI is InChI=1S/C15H19BO4/c1-14(2)15(3,4)20-16(19-14)12-7-5-6-10-8-13(17)18-9-11(10)12/h5-7H,8-9H2,1-4H3. The number of carbonyl (C=O) groups is 1. The lowest BCUT2D eigenvalue weighted by atomic mass is 9.74. The van der Waals surface area contributed by atoms with Crippen LogP contribution in [0.25, 0.3) is 0 Å². The number of carbonyl (C=O) groups excluding carboxylic acids is 1. The smallest absolute Gasteiger partial charge is 0.461 e. The molecule has 0 atom stereocenters. The Bertz CT molecular complexity index is 549. The number of hydrogen-bond donors (Lipinski definition) is 0. The fraction of sp³-hybridized carbons (Fsp3) is 0.533. The number of hydrogen-bond acceptors (Lipinski definition) is 4. The van der Waals surface area contributed by atoms with E-state index in [2.05, 4.69) is 0 Å². The van der Waals surface area contributed by atoms with Gasteiger partial charge in [-0.25, -0.2) is 0 Å². The molecule has 0 unspecified atom stereocenters. The molecule has 20 heavy (non-hydrogen) atoms. The van der Waals surface area contributed by atoms with E-state index in [4.69, 9.17) is 14.0 Å². The first-order valence-corrected chi connectivity index (χ1v) is 6.92. The SMILES string of the molecule is CC1(C)OB(c2cccc3c2COC(=O)C3)OC1(C)C. The van der Waals surface area contributed by atoms with Crippen molar-refractivity contribution in [2.45, 2.75) is 51.9 Å². The molecule has 1 aromatic carbocycles. The molecular weight excluding hydrogens is 255 g/mol. The lowest BCUT2D eigenvalue weighted by Gasteiger charge is -2.32. The molecule has 5 heteroatoms. The van der Waals surface area contributed by atoms with Crippen LogP contribution in [-0.2, 0) is 31.9 Å². The van der Waals surface area contributed by atoms with Gasteiger partial charge in [0.15, 0.2) is 0 Å². The first-order valence-electron chi connectivity index (χ1n) is 6.92. The van der Waals surface area contributed by atoms with E-state index in [0.29, 0.717) is 13.0 Å². The van der Waals surface area contributed by atoms with Crippen molar-refractivity contribution >= 4 is 18.6 Å². The van der Waals surface area contributed by atoms with Crippen LogP contribution < -0.4 is 5.46 Å². The van der Waals surface area contributed by atoms with E-state index >= 15 is 0 Å². The summed E-state index contributed by atoms with van der Waals surface area (Å²) >= 11 is 0. The number of cyclic esters (lactones) is 1. The molecule has 1 aromatic rings. The van der Waals surface area contributed by atoms with Gasteiger partial charge < -0.3 is 14.0 Å². The van der Waals surface area contributed by atoms with Gasteiger partial charge in [0.1, 0.15) is 6.61 Å². The third-order valence-corrected chi connectivity index (χ3v) is 4.53. The van der Waals surface area contributed by atoms with E-state index in [1.165, 1.54) is 0 Å². The van der Waals surface area contributed by atoms with Crippen LogP contribution in [0.1, 0.15) is 38.8 Å². The molecule has 1 saturated heterocycles. The molecule has 2 aliphatic rings. The Balaban J connectivity index is 1.97. The highest BCUT2D eigenvalue weighted by Gasteiger charge is 2.52. The van der Waals surface area contributed by atoms with E-state index < -0.39 is 7.12 Å². The summed E-state index contributed by atoms with van der Waals surface area (Å²) < 4.78 is 17.3. The van der Waals surface area contributed by atoms with Crippen molar-refractivity contribution in [1.29, 1.82) is 0 Å². The summed E-state index contributed by atoms with van der Waals surface area (Å²) in [6.45, 7) is 8.42. The molecule has 0 bridgehead atoms. The minimum atomic E-state index is -0.410. The Kier molecular flexibility index (Phi) is 2.96. The number of benzene rings is 1. The summed E-state index contributed by atoms with van der Waals surface area (Å²) in [5.74, 6) is -0.177. The lowest BCUT2D eigenvalue weighted by Crippen LogP contribution is -2.41. The van der Waals surface area contributed by atoms with Gasteiger partial charge in [-0.2, -0.15) is 0 Å². The minimum Gasteiger partial charge on any atom is -0.461 e. The molecule has 0 N–H and O–H groups in total. The highest BCUT2D eigenvalue weighted by Crippen LogP contribution is 2.37. The van der Waals surface area contributed by atoms with Gasteiger partial charge in [-0.05, 0) is 44.3 Å². The van der Waals surface area contributed by atoms with Crippen molar-refractivity contribution in [3.63, 3.8) is 0 Å². The Morgan fingerprint density at radius 3 is 2.40 bits per heavy atom. The molecule has 106 valence electrons. The van der Waals surface area contributed by atoms with Crippen molar-refractivity contribution in [3.05, 3.63) is 29.3 Å². The molecule has 2 aliphatic heterocycles. The van der Waals surface area contributed by atoms with Gasteiger partial charge in [-0.3, -0.25) is 4.79 Å². The van der Waals surface area contributed by atoms with Gasteiger partial charge in [0.05, 0.1) is 17.6 Å². The first kappa shape index (κ1) is 13.6. The maximum Gasteiger partial charge on any atom is 0.495 e. The maximum atomic E-state index is 11.4. The summed E-state index contributed by atoms with van der Waals surface area (Å²) in [6.07, 6.45) is 0.322. The molecule has 1 fully saturated rings. The molecule has 0 aromatic heterocycles. The average Bonchev–Trinajstić information content (AvgIpc) is 2.57. The lowest BCUT2D eigenvalue weighted by molar-refractivity contribution is -0.145. The Hall–Kier alpha value is -1.33. The Morgan fingerprint density at radius 2 is 1.75 bits per heavy atom. The normalized spacial score (nSPS) is 23.4. The van der Waals surface area contributed by atoms with Crippen molar-refractivity contribution in [2.24, 2.45) is 0 Å². The molecule has 0 saturated carbocycles. The van der Waals surface area contributed by atoms with Gasteiger partial charge in [-0.1, -0.05) is 18.2 Å². The second-order valence-corrected chi connectivity index (χ2v) is 6.41. The number of esters is 1. The predicted molar refractivity (Wildman–Crippen MR) is 75.7 cm³/mol. The van der Waals surface area contributed by atoms with Crippen LogP contribution in [0, 0.1) is 0 Å². The van der Waals surface area contributed by atoms with E-state index in [0.717, 1.165) is 16.6 Å². The molecule has 0 aliphatic carbocycles. The summed E-state index contributed by atoms with van der Waals surface area (Å²) in [7, 11) is -0.410. The third kappa shape index (κ3) is 2.05. The number of rotatable bonds is 1. The predicted octanol–water partition coefficient (Wildman–Crippen LogP) is 1.59. The second-order valence-electron chi connectivity index (χ2n) is 6.41. The zero-order chi connectivity index (χ0) is 14.5. The van der Waals surface area contributed by atoms with Gasteiger partial charge in [-0.15, -0.1) is 0 Å². The van der Waals surface area contributed by atoms with Gasteiger partial charge in [0.2, 0.25) is 0 Å². The molecule has 2 heterocycles. The summed E-state index contributed by atoms with van der Waals surface area (Å²) in [5.41, 5.74) is 2.25. The van der Waals surface area contributed by atoms with Crippen LogP contribution >= 0.6 is 0 Å². The first-order chi connectivity index (χ1) is 9.30. The Morgan fingerprint density at radius 1 is 1.10 bits per heavy atom. The largest absolute Gasteiger partial charge is 0.495 e. The molecular formula is C15H19BO4. The second kappa shape index (κ2) is 4.33. The minimum absolute atomic E-state index is 0.177. The molecule has 0 spiro atoms. The van der Waals surface area contributed by atoms with Crippen LogP contribution in [0.5, 0.6) is 0 Å². The van der Waals surface area contributed by atoms with Crippen LogP contribution in [0.4, 0.5) is 0 Å². The third-order valence-electron chi connectivity index (χ3n) is 4.53. The van der Waals surface area contributed by atoms with E-state index in [1.807, 2.05) is 45.9 Å². The van der Waals surface area contributed by atoms with Crippen LogP contribution in [0.3, 0.4) is 0 Å². The summed E-state index contributed by atoms with van der Waals surface area (Å²) in [6, 6.07) is 5.89. The highest BCUT2D eigenvalue weighted by molar-refractivity contribution is 6.62. The quantitative estimate of drug-likeness (QED) is 0.576. The van der Waals surface area contributed by atoms with Crippen molar-refractivity contribution < 1.29 is 18.8 Å². The van der Waals surface area contributed by atoms with Gasteiger partial charge in [0.25, 0.3) is 0 Å². The number of fused-ring (bicyclic) bond motifs is 1. The van der Waals surface area contributed by atoms with Gasteiger partial charge in [0, 0.05) is 0 Å². The fourth-order valence-corrected chi connectivity index (χ4v) is 2.55. The Labute approximate surface area is 119 Å². The molecule has 3 rings (SSSR count). The monoisotopic (exact) mass is 274 g/mol. The molecule has 0 amide bonds. The average molecular weight is 274 g/mol. The van der Waals surface area contributed by atoms with Crippen LogP contribution in [-0.4, -0.2) is 24.3 Å². The van der Waals surface area contributed by atoms with E-state index in [-0.39, 0.29) is 17.2 Å². The zero-order valence-electron chi connectivity index (χ0n) is 12.4. The topological polar surface area (TPSA) is 44.8 Å². The van der Waals surface area contributed by atoms with E-state index in [9.17, 15) is 4.79 Å². The number of ether oxygens (including phenoxy) is 1. The van der Waals surface area contributed by atoms with Crippen LogP contribution in [0.2, 0.25) is 0 Å². The summed E-state index contributed by atoms with van der Waals surface area (Å²) in [4.78, 5) is 11.4. The molecule has 0 radical (unpaired) electrons. The molecule has 4 nitrogen and oxygen atoms in total.